The Hall–Kier alpha value is -2.11. The zero-order valence-corrected chi connectivity index (χ0v) is 15.2. The van der Waals surface area contributed by atoms with Crippen LogP contribution in [0, 0.1) is 0 Å². The smallest absolute Gasteiger partial charge is 0.254 e. The van der Waals surface area contributed by atoms with E-state index < -0.39 is 0 Å². The molecule has 0 aliphatic carbocycles. The van der Waals surface area contributed by atoms with E-state index in [1.807, 2.05) is 18.0 Å². The Morgan fingerprint density at radius 3 is 2.64 bits per heavy atom. The van der Waals surface area contributed by atoms with E-state index in [1.165, 1.54) is 0 Å². The van der Waals surface area contributed by atoms with Crippen molar-refractivity contribution in [3.05, 3.63) is 46.1 Å². The lowest BCUT2D eigenvalue weighted by Gasteiger charge is -2.16. The Labute approximate surface area is 155 Å². The monoisotopic (exact) mass is 374 g/mol. The molecule has 3 aromatic rings. The van der Waals surface area contributed by atoms with Crippen LogP contribution in [0.4, 0.5) is 0 Å². The van der Waals surface area contributed by atoms with E-state index in [0.717, 1.165) is 36.9 Å². The molecule has 0 radical (unpaired) electrons. The van der Waals surface area contributed by atoms with E-state index in [1.54, 1.807) is 29.1 Å². The van der Waals surface area contributed by atoms with E-state index in [2.05, 4.69) is 10.1 Å². The predicted molar refractivity (Wildman–Crippen MR) is 99.1 cm³/mol. The summed E-state index contributed by atoms with van der Waals surface area (Å²) in [5.74, 6) is 0.0178. The highest BCUT2D eigenvalue weighted by atomic mass is 35.5. The van der Waals surface area contributed by atoms with Crippen LogP contribution in [0.2, 0.25) is 10.0 Å². The summed E-state index contributed by atoms with van der Waals surface area (Å²) in [5.41, 5.74) is 2.65. The Bertz CT molecular complexity index is 977. The number of benzene rings is 1. The Balaban J connectivity index is 1.91. The molecular formula is C18H16Cl2N4O. The molecular weight excluding hydrogens is 359 g/mol. The third-order valence-electron chi connectivity index (χ3n) is 4.54. The van der Waals surface area contributed by atoms with Gasteiger partial charge in [0.25, 0.3) is 5.91 Å². The number of carbonyl (C=O) groups excluding carboxylic acids is 1. The number of nitrogens with zero attached hydrogens (tertiary/aromatic N) is 4. The molecule has 3 heterocycles. The molecule has 0 spiro atoms. The van der Waals surface area contributed by atoms with Crippen LogP contribution >= 0.6 is 23.2 Å². The highest BCUT2D eigenvalue weighted by Gasteiger charge is 2.24. The SMILES string of the molecule is Cn1ncc2c(C(=O)N3CCCC3)cc(-c3ccc(Cl)cc3Cl)nc21. The van der Waals surface area contributed by atoms with Gasteiger partial charge in [-0.05, 0) is 37.1 Å². The Morgan fingerprint density at radius 1 is 1.16 bits per heavy atom. The van der Waals surface area contributed by atoms with E-state index in [0.29, 0.717) is 26.9 Å². The molecule has 1 amide bonds. The maximum Gasteiger partial charge on any atom is 0.254 e. The average molecular weight is 375 g/mol. The van der Waals surface area contributed by atoms with Crippen molar-refractivity contribution in [2.24, 2.45) is 7.05 Å². The first-order chi connectivity index (χ1) is 12.0. The first kappa shape index (κ1) is 16.4. The molecule has 5 nitrogen and oxygen atoms in total. The second-order valence-electron chi connectivity index (χ2n) is 6.18. The topological polar surface area (TPSA) is 51.0 Å². The van der Waals surface area contributed by atoms with Gasteiger partial charge in [0, 0.05) is 30.7 Å². The molecule has 4 rings (SSSR count). The molecule has 0 unspecified atom stereocenters. The van der Waals surface area contributed by atoms with Crippen molar-refractivity contribution in [1.29, 1.82) is 0 Å². The standard InChI is InChI=1S/C18H16Cl2N4O/c1-23-17-14(10-21-23)13(18(25)24-6-2-3-7-24)9-16(22-17)12-5-4-11(19)8-15(12)20/h4-5,8-10H,2-3,6-7H2,1H3. The Morgan fingerprint density at radius 2 is 1.92 bits per heavy atom. The van der Waals surface area contributed by atoms with Crippen LogP contribution in [0.3, 0.4) is 0 Å². The normalized spacial score (nSPS) is 14.4. The molecule has 0 N–H and O–H groups in total. The van der Waals surface area contributed by atoms with Gasteiger partial charge in [-0.1, -0.05) is 23.2 Å². The van der Waals surface area contributed by atoms with Crippen molar-refractivity contribution in [1.82, 2.24) is 19.7 Å². The number of halogens is 2. The average Bonchev–Trinajstić information content (AvgIpc) is 3.24. The number of aromatic nitrogens is 3. The second-order valence-corrected chi connectivity index (χ2v) is 7.03. The summed E-state index contributed by atoms with van der Waals surface area (Å²) >= 11 is 12.3. The maximum atomic E-state index is 13.0. The molecule has 128 valence electrons. The van der Waals surface area contributed by atoms with Crippen LogP contribution in [0.25, 0.3) is 22.3 Å². The minimum Gasteiger partial charge on any atom is -0.339 e. The fraction of sp³-hybridized carbons (Fsp3) is 0.278. The van der Waals surface area contributed by atoms with Crippen LogP contribution < -0.4 is 0 Å². The number of amides is 1. The molecule has 0 atom stereocenters. The van der Waals surface area contributed by atoms with Gasteiger partial charge in [0.05, 0.1) is 27.9 Å². The lowest BCUT2D eigenvalue weighted by atomic mass is 10.1. The molecule has 1 fully saturated rings. The molecule has 25 heavy (non-hydrogen) atoms. The number of carbonyl (C=O) groups is 1. The van der Waals surface area contributed by atoms with Crippen molar-refractivity contribution in [2.45, 2.75) is 12.8 Å². The van der Waals surface area contributed by atoms with Crippen LogP contribution in [0.5, 0.6) is 0 Å². The van der Waals surface area contributed by atoms with Crippen molar-refractivity contribution in [2.75, 3.05) is 13.1 Å². The minimum atomic E-state index is 0.0178. The van der Waals surface area contributed by atoms with Crippen molar-refractivity contribution >= 4 is 40.1 Å². The van der Waals surface area contributed by atoms with E-state index >= 15 is 0 Å². The van der Waals surface area contributed by atoms with Gasteiger partial charge in [-0.25, -0.2) is 4.98 Å². The van der Waals surface area contributed by atoms with Crippen LogP contribution in [-0.2, 0) is 7.05 Å². The summed E-state index contributed by atoms with van der Waals surface area (Å²) in [7, 11) is 1.81. The van der Waals surface area contributed by atoms with Crippen LogP contribution in [-0.4, -0.2) is 38.7 Å². The number of aryl methyl sites for hydroxylation is 1. The molecule has 1 aliphatic rings. The van der Waals surface area contributed by atoms with Gasteiger partial charge < -0.3 is 4.90 Å². The zero-order chi connectivity index (χ0) is 17.6. The first-order valence-electron chi connectivity index (χ1n) is 8.12. The fourth-order valence-electron chi connectivity index (χ4n) is 3.22. The number of fused-ring (bicyclic) bond motifs is 1. The van der Waals surface area contributed by atoms with Gasteiger partial charge in [-0.2, -0.15) is 5.10 Å². The molecule has 1 saturated heterocycles. The lowest BCUT2D eigenvalue weighted by molar-refractivity contribution is 0.0794. The minimum absolute atomic E-state index is 0.0178. The van der Waals surface area contributed by atoms with Crippen molar-refractivity contribution in [3.8, 4) is 11.3 Å². The van der Waals surface area contributed by atoms with Crippen LogP contribution in [0.15, 0.2) is 30.5 Å². The van der Waals surface area contributed by atoms with E-state index in [4.69, 9.17) is 23.2 Å². The molecule has 1 aromatic carbocycles. The summed E-state index contributed by atoms with van der Waals surface area (Å²) in [6.07, 6.45) is 3.78. The fourth-order valence-corrected chi connectivity index (χ4v) is 3.72. The summed E-state index contributed by atoms with van der Waals surface area (Å²) in [5, 5.41) is 6.08. The maximum absolute atomic E-state index is 13.0. The third kappa shape index (κ3) is 2.87. The second kappa shape index (κ2) is 6.32. The molecule has 7 heteroatoms. The van der Waals surface area contributed by atoms with Crippen molar-refractivity contribution < 1.29 is 4.79 Å². The highest BCUT2D eigenvalue weighted by molar-refractivity contribution is 6.36. The van der Waals surface area contributed by atoms with Crippen molar-refractivity contribution in [3.63, 3.8) is 0 Å². The predicted octanol–water partition coefficient (Wildman–Crippen LogP) is 4.18. The van der Waals surface area contributed by atoms with E-state index in [-0.39, 0.29) is 5.91 Å². The number of hydrogen-bond donors (Lipinski definition) is 0. The summed E-state index contributed by atoms with van der Waals surface area (Å²) in [6.45, 7) is 1.58. The van der Waals surface area contributed by atoms with Crippen LogP contribution in [0.1, 0.15) is 23.2 Å². The van der Waals surface area contributed by atoms with Gasteiger partial charge in [0.15, 0.2) is 5.65 Å². The lowest BCUT2D eigenvalue weighted by Crippen LogP contribution is -2.27. The van der Waals surface area contributed by atoms with Gasteiger partial charge in [-0.3, -0.25) is 9.48 Å². The first-order valence-corrected chi connectivity index (χ1v) is 8.87. The number of likely N-dealkylation sites (tertiary alicyclic amines) is 1. The van der Waals surface area contributed by atoms with E-state index in [9.17, 15) is 4.79 Å². The molecule has 0 saturated carbocycles. The van der Waals surface area contributed by atoms with Gasteiger partial charge in [-0.15, -0.1) is 0 Å². The van der Waals surface area contributed by atoms with Gasteiger partial charge >= 0.3 is 0 Å². The van der Waals surface area contributed by atoms with Gasteiger partial charge in [0.1, 0.15) is 0 Å². The summed E-state index contributed by atoms with van der Waals surface area (Å²) in [4.78, 5) is 19.6. The number of pyridine rings is 1. The number of hydrogen-bond acceptors (Lipinski definition) is 3. The summed E-state index contributed by atoms with van der Waals surface area (Å²) in [6, 6.07) is 7.06. The zero-order valence-electron chi connectivity index (χ0n) is 13.7. The number of rotatable bonds is 2. The Kier molecular flexibility index (Phi) is 4.13. The van der Waals surface area contributed by atoms with Gasteiger partial charge in [0.2, 0.25) is 0 Å². The largest absolute Gasteiger partial charge is 0.339 e. The quantitative estimate of drug-likeness (QED) is 0.675. The highest BCUT2D eigenvalue weighted by Crippen LogP contribution is 2.32. The molecule has 1 aliphatic heterocycles. The molecule has 2 aromatic heterocycles. The third-order valence-corrected chi connectivity index (χ3v) is 5.08. The summed E-state index contributed by atoms with van der Waals surface area (Å²) < 4.78 is 1.67. The molecule has 0 bridgehead atoms.